The zero-order valence-corrected chi connectivity index (χ0v) is 7.82. The number of hydrogen-bond acceptors (Lipinski definition) is 2. The molecule has 2 nitrogen and oxygen atoms in total. The van der Waals surface area contributed by atoms with Crippen LogP contribution in [0.5, 0.6) is 0 Å². The van der Waals surface area contributed by atoms with Crippen molar-refractivity contribution in [2.24, 2.45) is 4.99 Å². The highest BCUT2D eigenvalue weighted by Crippen LogP contribution is 1.98. The molecule has 0 atom stereocenters. The summed E-state index contributed by atoms with van der Waals surface area (Å²) < 4.78 is 0. The summed E-state index contributed by atoms with van der Waals surface area (Å²) in [5.74, 6) is 0. The third-order valence-electron chi connectivity index (χ3n) is 1.74. The molecule has 1 heterocycles. The number of nitrogens with zero attached hydrogens (tertiary/aromatic N) is 2. The summed E-state index contributed by atoms with van der Waals surface area (Å²) in [6, 6.07) is 3.97. The molecule has 0 aliphatic rings. The first-order valence-electron chi connectivity index (χ1n) is 4.60. The molecule has 1 rings (SSSR count). The minimum absolute atomic E-state index is 0.764. The van der Waals surface area contributed by atoms with Gasteiger partial charge in [0, 0.05) is 12.4 Å². The van der Waals surface area contributed by atoms with Crippen LogP contribution in [0, 0.1) is 6.92 Å². The van der Waals surface area contributed by atoms with Gasteiger partial charge in [0.25, 0.3) is 0 Å². The third kappa shape index (κ3) is 4.41. The summed E-state index contributed by atoms with van der Waals surface area (Å²) in [7, 11) is 0. The zero-order valence-electron chi connectivity index (χ0n) is 7.82. The Morgan fingerprint density at radius 3 is 2.85 bits per heavy atom. The molecule has 0 bridgehead atoms. The Balaban J connectivity index is 2.23. The fourth-order valence-corrected chi connectivity index (χ4v) is 0.985. The summed E-state index contributed by atoms with van der Waals surface area (Å²) in [6.45, 7) is 4.54. The van der Waals surface area contributed by atoms with Crippen LogP contribution in [0.25, 0.3) is 0 Å². The minimum atomic E-state index is 0.764. The van der Waals surface area contributed by atoms with E-state index in [9.17, 15) is 0 Å². The van der Waals surface area contributed by atoms with Crippen molar-refractivity contribution in [3.8, 4) is 0 Å². The molecule has 0 N–H and O–H groups in total. The largest absolute Gasteiger partial charge is 0.293 e. The van der Waals surface area contributed by atoms with E-state index in [0.717, 1.165) is 25.8 Å². The molecule has 0 aliphatic heterocycles. The molecule has 0 amide bonds. The van der Waals surface area contributed by atoms with Gasteiger partial charge < -0.3 is 0 Å². The molecule has 1 aromatic rings. The van der Waals surface area contributed by atoms with Gasteiger partial charge in [0.15, 0.2) is 0 Å². The average molecular weight is 175 g/mol. The van der Waals surface area contributed by atoms with Crippen LogP contribution in [0.15, 0.2) is 29.5 Å². The molecule has 0 aromatic carbocycles. The van der Waals surface area contributed by atoms with Crippen molar-refractivity contribution in [1.29, 1.82) is 0 Å². The number of hydrogen-bond donors (Lipinski definition) is 0. The van der Waals surface area contributed by atoms with Crippen molar-refractivity contribution >= 4 is 6.21 Å². The molecule has 1 radical (unpaired) electrons. The van der Waals surface area contributed by atoms with Crippen molar-refractivity contribution in [3.05, 3.63) is 37.0 Å². The molecule has 1 aromatic heterocycles. The average Bonchev–Trinajstić information content (AvgIpc) is 2.19. The monoisotopic (exact) mass is 175 g/mol. The maximum Gasteiger partial charge on any atom is 0.0636 e. The molecular formula is C11H15N2. The fourth-order valence-electron chi connectivity index (χ4n) is 0.985. The predicted molar refractivity (Wildman–Crippen MR) is 55.6 cm³/mol. The molecule has 2 heteroatoms. The van der Waals surface area contributed by atoms with E-state index in [1.165, 1.54) is 5.56 Å². The van der Waals surface area contributed by atoms with Crippen LogP contribution in [-0.4, -0.2) is 11.2 Å². The molecule has 0 spiro atoms. The summed E-state index contributed by atoms with van der Waals surface area (Å²) in [5.41, 5.74) is 1.21. The molecule has 69 valence electrons. The van der Waals surface area contributed by atoms with Gasteiger partial charge in [-0.3, -0.25) is 9.98 Å². The number of aromatic nitrogens is 1. The van der Waals surface area contributed by atoms with Crippen LogP contribution in [0.4, 0.5) is 0 Å². The molecule has 0 aliphatic carbocycles. The Morgan fingerprint density at radius 2 is 2.15 bits per heavy atom. The van der Waals surface area contributed by atoms with E-state index in [2.05, 4.69) is 16.9 Å². The summed E-state index contributed by atoms with van der Waals surface area (Å²) in [4.78, 5) is 8.24. The minimum Gasteiger partial charge on any atom is -0.293 e. The Kier molecular flexibility index (Phi) is 4.84. The Bertz CT molecular complexity index is 242. The quantitative estimate of drug-likeness (QED) is 0.499. The first kappa shape index (κ1) is 9.90. The Morgan fingerprint density at radius 1 is 1.38 bits per heavy atom. The van der Waals surface area contributed by atoms with Crippen LogP contribution in [0.3, 0.4) is 0 Å². The normalized spacial score (nSPS) is 10.8. The second kappa shape index (κ2) is 6.35. The molecule has 0 unspecified atom stereocenters. The summed E-state index contributed by atoms with van der Waals surface area (Å²) >= 11 is 0. The summed E-state index contributed by atoms with van der Waals surface area (Å²) in [6.07, 6.45) is 8.71. The van der Waals surface area contributed by atoms with E-state index < -0.39 is 0 Å². The second-order valence-corrected chi connectivity index (χ2v) is 2.87. The van der Waals surface area contributed by atoms with Crippen LogP contribution in [-0.2, 0) is 6.54 Å². The van der Waals surface area contributed by atoms with E-state index in [1.54, 1.807) is 12.4 Å². The Labute approximate surface area is 79.7 Å². The van der Waals surface area contributed by atoms with Gasteiger partial charge >= 0.3 is 0 Å². The van der Waals surface area contributed by atoms with Gasteiger partial charge in [-0.05, 0) is 36.8 Å². The number of unbranched alkanes of at least 4 members (excludes halogenated alkanes) is 2. The summed E-state index contributed by atoms with van der Waals surface area (Å²) in [5, 5.41) is 0. The molecule has 0 saturated heterocycles. The van der Waals surface area contributed by atoms with Gasteiger partial charge in [-0.2, -0.15) is 0 Å². The van der Waals surface area contributed by atoms with E-state index in [0.29, 0.717) is 0 Å². The fraction of sp³-hybridized carbons (Fsp3) is 0.364. The standard InChI is InChI=1S/C11H15N2/c1-2-3-4-7-13-10-11-5-8-12-9-6-11/h5-9H,1-4,10H2. The number of rotatable bonds is 5. The SMILES string of the molecule is [CH2]CCCC=NCc1ccncc1. The predicted octanol–water partition coefficient (Wildman–Crippen LogP) is 2.66. The number of pyridine rings is 1. The molecule has 13 heavy (non-hydrogen) atoms. The topological polar surface area (TPSA) is 25.2 Å². The molecular weight excluding hydrogens is 160 g/mol. The zero-order chi connectivity index (χ0) is 9.36. The van der Waals surface area contributed by atoms with E-state index in [4.69, 9.17) is 0 Å². The van der Waals surface area contributed by atoms with E-state index >= 15 is 0 Å². The lowest BCUT2D eigenvalue weighted by Gasteiger charge is -1.93. The van der Waals surface area contributed by atoms with Gasteiger partial charge in [-0.1, -0.05) is 13.3 Å². The van der Waals surface area contributed by atoms with Crippen LogP contribution in [0.1, 0.15) is 24.8 Å². The van der Waals surface area contributed by atoms with Crippen molar-refractivity contribution in [1.82, 2.24) is 4.98 Å². The lowest BCUT2D eigenvalue weighted by atomic mass is 10.2. The molecule has 0 fully saturated rings. The van der Waals surface area contributed by atoms with Crippen LogP contribution >= 0.6 is 0 Å². The number of aliphatic imine (C=N–C) groups is 1. The highest BCUT2D eigenvalue weighted by Gasteiger charge is 1.86. The van der Waals surface area contributed by atoms with Gasteiger partial charge in [0.1, 0.15) is 0 Å². The third-order valence-corrected chi connectivity index (χ3v) is 1.74. The molecule has 0 saturated carbocycles. The maximum absolute atomic E-state index is 4.30. The van der Waals surface area contributed by atoms with Crippen molar-refractivity contribution in [2.45, 2.75) is 25.8 Å². The first-order valence-corrected chi connectivity index (χ1v) is 4.60. The lowest BCUT2D eigenvalue weighted by Crippen LogP contribution is -1.83. The van der Waals surface area contributed by atoms with Gasteiger partial charge in [0.05, 0.1) is 6.54 Å². The smallest absolute Gasteiger partial charge is 0.0636 e. The van der Waals surface area contributed by atoms with Gasteiger partial charge in [-0.25, -0.2) is 0 Å². The Hall–Kier alpha value is -1.18. The lowest BCUT2D eigenvalue weighted by molar-refractivity contribution is 0.894. The van der Waals surface area contributed by atoms with Crippen molar-refractivity contribution in [3.63, 3.8) is 0 Å². The van der Waals surface area contributed by atoms with Crippen molar-refractivity contribution < 1.29 is 0 Å². The highest BCUT2D eigenvalue weighted by molar-refractivity contribution is 5.57. The van der Waals surface area contributed by atoms with Gasteiger partial charge in [-0.15, -0.1) is 0 Å². The van der Waals surface area contributed by atoms with Crippen LogP contribution in [0.2, 0.25) is 0 Å². The van der Waals surface area contributed by atoms with E-state index in [-0.39, 0.29) is 0 Å². The van der Waals surface area contributed by atoms with Crippen LogP contribution < -0.4 is 0 Å². The second-order valence-electron chi connectivity index (χ2n) is 2.87. The van der Waals surface area contributed by atoms with Crippen molar-refractivity contribution in [2.75, 3.05) is 0 Å². The first-order chi connectivity index (χ1) is 6.43. The maximum atomic E-state index is 4.30. The van der Waals surface area contributed by atoms with E-state index in [1.807, 2.05) is 18.3 Å². The van der Waals surface area contributed by atoms with Gasteiger partial charge in [0.2, 0.25) is 0 Å². The highest BCUT2D eigenvalue weighted by atomic mass is 14.7.